The van der Waals surface area contributed by atoms with Crippen molar-refractivity contribution in [2.75, 3.05) is 25.4 Å². The van der Waals surface area contributed by atoms with Crippen LogP contribution >= 0.6 is 11.6 Å². The summed E-state index contributed by atoms with van der Waals surface area (Å²) in [6.45, 7) is 2.68. The first-order valence-electron chi connectivity index (χ1n) is 10.9. The third-order valence-corrected chi connectivity index (χ3v) is 5.31. The van der Waals surface area contributed by atoms with Gasteiger partial charge in [0.15, 0.2) is 11.3 Å². The number of alkyl halides is 1. The summed E-state index contributed by atoms with van der Waals surface area (Å²) in [5.74, 6) is 10.0. The van der Waals surface area contributed by atoms with E-state index in [0.29, 0.717) is 23.8 Å². The van der Waals surface area contributed by atoms with Crippen molar-refractivity contribution in [3.63, 3.8) is 0 Å². The molecule has 3 rings (SSSR count). The molecule has 0 saturated heterocycles. The number of rotatable bonds is 11. The van der Waals surface area contributed by atoms with E-state index >= 15 is 0 Å². The number of hydrogen-bond acceptors (Lipinski definition) is 6. The summed E-state index contributed by atoms with van der Waals surface area (Å²) in [5, 5.41) is 10.9. The Labute approximate surface area is 194 Å². The predicted octanol–water partition coefficient (Wildman–Crippen LogP) is 5.09. The van der Waals surface area contributed by atoms with Crippen LogP contribution in [0.1, 0.15) is 56.1 Å². The maximum absolute atomic E-state index is 5.74. The number of aryl methyl sites for hydroxylation is 1. The highest BCUT2D eigenvalue weighted by molar-refractivity contribution is 6.17. The van der Waals surface area contributed by atoms with Gasteiger partial charge in [-0.1, -0.05) is 19.3 Å². The van der Waals surface area contributed by atoms with Gasteiger partial charge in [0.25, 0.3) is 0 Å². The molecule has 2 aromatic heterocycles. The zero-order valence-electron chi connectivity index (χ0n) is 18.9. The SMILES string of the molecule is CCCCc1nc(NCc2ccc(OC)cc2OC)c2n[nH]c(C#CCCCCCl)c2n1. The minimum Gasteiger partial charge on any atom is -0.497 e. The van der Waals surface area contributed by atoms with Crippen LogP contribution in [0.3, 0.4) is 0 Å². The van der Waals surface area contributed by atoms with E-state index in [2.05, 4.69) is 34.3 Å². The molecule has 3 aromatic rings. The number of H-pyrrole nitrogens is 1. The van der Waals surface area contributed by atoms with Crippen LogP contribution in [-0.4, -0.2) is 40.3 Å². The first kappa shape index (κ1) is 23.7. The minimum absolute atomic E-state index is 0.527. The summed E-state index contributed by atoms with van der Waals surface area (Å²) in [6, 6.07) is 5.75. The number of halogens is 1. The molecule has 7 nitrogen and oxygen atoms in total. The highest BCUT2D eigenvalue weighted by atomic mass is 35.5. The van der Waals surface area contributed by atoms with Crippen molar-refractivity contribution < 1.29 is 9.47 Å². The zero-order chi connectivity index (χ0) is 22.8. The second kappa shape index (κ2) is 12.2. The minimum atomic E-state index is 0.527. The number of ether oxygens (including phenoxy) is 2. The third-order valence-electron chi connectivity index (χ3n) is 5.04. The molecule has 8 heteroatoms. The van der Waals surface area contributed by atoms with E-state index < -0.39 is 0 Å². The average molecular weight is 456 g/mol. The lowest BCUT2D eigenvalue weighted by atomic mass is 10.2. The van der Waals surface area contributed by atoms with Crippen molar-refractivity contribution in [1.82, 2.24) is 20.2 Å². The molecule has 0 aliphatic heterocycles. The molecule has 32 heavy (non-hydrogen) atoms. The fourth-order valence-electron chi connectivity index (χ4n) is 3.24. The fraction of sp³-hybridized carbons (Fsp3) is 0.458. The number of unbranched alkanes of at least 4 members (excludes halogenated alkanes) is 3. The Morgan fingerprint density at radius 1 is 1.09 bits per heavy atom. The normalized spacial score (nSPS) is 10.6. The standard InChI is InChI=1S/C24H30ClN5O2/c1-4-5-11-21-27-22-19(10-8-6-7-9-14-25)29-30-23(22)24(28-21)26-16-17-12-13-18(31-2)15-20(17)32-3/h12-13,15H,4-7,9,11,14,16H2,1-3H3,(H,29,30)(H,26,27,28). The molecule has 170 valence electrons. The Morgan fingerprint density at radius 3 is 2.72 bits per heavy atom. The molecule has 0 aliphatic carbocycles. The number of nitrogens with one attached hydrogen (secondary N) is 2. The van der Waals surface area contributed by atoms with E-state index in [0.717, 1.165) is 72.6 Å². The maximum Gasteiger partial charge on any atom is 0.158 e. The monoisotopic (exact) mass is 455 g/mol. The van der Waals surface area contributed by atoms with Gasteiger partial charge in [-0.15, -0.1) is 11.6 Å². The van der Waals surface area contributed by atoms with Gasteiger partial charge in [0.05, 0.1) is 14.2 Å². The molecule has 0 atom stereocenters. The van der Waals surface area contributed by atoms with E-state index in [9.17, 15) is 0 Å². The molecule has 0 saturated carbocycles. The highest BCUT2D eigenvalue weighted by Crippen LogP contribution is 2.27. The van der Waals surface area contributed by atoms with Crippen LogP contribution in [0.15, 0.2) is 18.2 Å². The summed E-state index contributed by atoms with van der Waals surface area (Å²) < 4.78 is 10.8. The molecular weight excluding hydrogens is 426 g/mol. The van der Waals surface area contributed by atoms with Crippen LogP contribution in [0.2, 0.25) is 0 Å². The number of aromatic nitrogens is 4. The molecule has 0 fully saturated rings. The topological polar surface area (TPSA) is 85.0 Å². The molecule has 0 radical (unpaired) electrons. The number of aromatic amines is 1. The van der Waals surface area contributed by atoms with E-state index in [4.69, 9.17) is 31.0 Å². The van der Waals surface area contributed by atoms with Gasteiger partial charge in [-0.3, -0.25) is 5.10 Å². The van der Waals surface area contributed by atoms with Gasteiger partial charge in [0.1, 0.15) is 28.5 Å². The zero-order valence-corrected chi connectivity index (χ0v) is 19.7. The molecule has 0 amide bonds. The predicted molar refractivity (Wildman–Crippen MR) is 129 cm³/mol. The second-order valence-corrected chi connectivity index (χ2v) is 7.74. The van der Waals surface area contributed by atoms with Crippen molar-refractivity contribution in [2.24, 2.45) is 0 Å². The van der Waals surface area contributed by atoms with E-state index in [1.165, 1.54) is 0 Å². The lowest BCUT2D eigenvalue weighted by Crippen LogP contribution is -2.07. The van der Waals surface area contributed by atoms with Crippen molar-refractivity contribution in [3.05, 3.63) is 35.3 Å². The van der Waals surface area contributed by atoms with Gasteiger partial charge in [-0.25, -0.2) is 9.97 Å². The number of methoxy groups -OCH3 is 2. The summed E-state index contributed by atoms with van der Waals surface area (Å²) in [4.78, 5) is 9.49. The number of nitrogens with zero attached hydrogens (tertiary/aromatic N) is 3. The average Bonchev–Trinajstić information content (AvgIpc) is 3.23. The van der Waals surface area contributed by atoms with E-state index in [-0.39, 0.29) is 0 Å². The van der Waals surface area contributed by atoms with Crippen LogP contribution < -0.4 is 14.8 Å². The lowest BCUT2D eigenvalue weighted by Gasteiger charge is -2.12. The van der Waals surface area contributed by atoms with E-state index in [1.807, 2.05) is 18.2 Å². The Morgan fingerprint density at radius 2 is 1.97 bits per heavy atom. The molecule has 0 bridgehead atoms. The van der Waals surface area contributed by atoms with Gasteiger partial charge in [0.2, 0.25) is 0 Å². The van der Waals surface area contributed by atoms with Crippen molar-refractivity contribution in [1.29, 1.82) is 0 Å². The van der Waals surface area contributed by atoms with Gasteiger partial charge in [-0.2, -0.15) is 5.10 Å². The Hall–Kier alpha value is -2.98. The van der Waals surface area contributed by atoms with Crippen molar-refractivity contribution >= 4 is 28.5 Å². The Bertz CT molecular complexity index is 1090. The quantitative estimate of drug-likeness (QED) is 0.238. The van der Waals surface area contributed by atoms with Crippen LogP contribution in [0, 0.1) is 11.8 Å². The Kier molecular flexibility index (Phi) is 9.00. The van der Waals surface area contributed by atoms with Crippen LogP contribution in [0.25, 0.3) is 11.0 Å². The lowest BCUT2D eigenvalue weighted by molar-refractivity contribution is 0.391. The summed E-state index contributed by atoms with van der Waals surface area (Å²) in [6.07, 6.45) is 5.65. The van der Waals surface area contributed by atoms with Gasteiger partial charge in [-0.05, 0) is 37.3 Å². The Balaban J connectivity index is 1.88. The molecule has 0 aliphatic rings. The summed E-state index contributed by atoms with van der Waals surface area (Å²) in [7, 11) is 3.29. The van der Waals surface area contributed by atoms with E-state index in [1.54, 1.807) is 14.2 Å². The van der Waals surface area contributed by atoms with Gasteiger partial charge < -0.3 is 14.8 Å². The molecule has 2 N–H and O–H groups in total. The molecule has 0 spiro atoms. The number of hydrogen-bond donors (Lipinski definition) is 2. The number of fused-ring (bicyclic) bond motifs is 1. The molecule has 1 aromatic carbocycles. The van der Waals surface area contributed by atoms with Crippen molar-refractivity contribution in [2.45, 2.75) is 52.0 Å². The number of anilines is 1. The first-order chi connectivity index (χ1) is 15.7. The molecule has 0 unspecified atom stereocenters. The van der Waals surface area contributed by atoms with Crippen LogP contribution in [0.5, 0.6) is 11.5 Å². The maximum atomic E-state index is 5.74. The van der Waals surface area contributed by atoms with Crippen LogP contribution in [-0.2, 0) is 13.0 Å². The number of benzene rings is 1. The third kappa shape index (κ3) is 6.04. The van der Waals surface area contributed by atoms with Gasteiger partial charge in [0, 0.05) is 36.9 Å². The molecular formula is C24H30ClN5O2. The van der Waals surface area contributed by atoms with Gasteiger partial charge >= 0.3 is 0 Å². The van der Waals surface area contributed by atoms with Crippen LogP contribution in [0.4, 0.5) is 5.82 Å². The highest BCUT2D eigenvalue weighted by Gasteiger charge is 2.15. The smallest absolute Gasteiger partial charge is 0.158 e. The first-order valence-corrected chi connectivity index (χ1v) is 11.5. The largest absolute Gasteiger partial charge is 0.497 e. The summed E-state index contributed by atoms with van der Waals surface area (Å²) >= 11 is 5.74. The fourth-order valence-corrected chi connectivity index (χ4v) is 3.43. The molecule has 2 heterocycles. The summed E-state index contributed by atoms with van der Waals surface area (Å²) in [5.41, 5.74) is 3.14. The van der Waals surface area contributed by atoms with Crippen molar-refractivity contribution in [3.8, 4) is 23.3 Å². The second-order valence-electron chi connectivity index (χ2n) is 7.37.